The molecule has 0 atom stereocenters. The molecule has 0 bridgehead atoms. The van der Waals surface area contributed by atoms with Crippen molar-refractivity contribution in [2.24, 2.45) is 0 Å². The van der Waals surface area contributed by atoms with Crippen LogP contribution in [0.5, 0.6) is 17.2 Å². The molecule has 6 heteroatoms. The van der Waals surface area contributed by atoms with Crippen molar-refractivity contribution in [3.05, 3.63) is 96.8 Å². The molecular formula is C24H22N4O2. The zero-order valence-corrected chi connectivity index (χ0v) is 16.6. The number of para-hydroxylation sites is 3. The predicted octanol–water partition coefficient (Wildman–Crippen LogP) is 5.63. The van der Waals surface area contributed by atoms with Gasteiger partial charge in [0.1, 0.15) is 29.5 Å². The van der Waals surface area contributed by atoms with E-state index in [-0.39, 0.29) is 0 Å². The number of aromatic nitrogens is 2. The quantitative estimate of drug-likeness (QED) is 0.401. The third-order valence-corrected chi connectivity index (χ3v) is 4.42. The van der Waals surface area contributed by atoms with Gasteiger partial charge in [0.05, 0.1) is 12.8 Å². The molecule has 30 heavy (non-hydrogen) atoms. The van der Waals surface area contributed by atoms with Gasteiger partial charge >= 0.3 is 0 Å². The minimum atomic E-state index is 0.647. The molecule has 0 amide bonds. The molecule has 0 fully saturated rings. The van der Waals surface area contributed by atoms with Gasteiger partial charge in [0, 0.05) is 12.6 Å². The maximum Gasteiger partial charge on any atom is 0.150 e. The molecule has 0 aliphatic heterocycles. The highest BCUT2D eigenvalue weighted by atomic mass is 16.5. The number of anilines is 3. The van der Waals surface area contributed by atoms with E-state index in [1.54, 1.807) is 7.11 Å². The minimum Gasteiger partial charge on any atom is -0.497 e. The van der Waals surface area contributed by atoms with Gasteiger partial charge in [-0.15, -0.1) is 0 Å². The van der Waals surface area contributed by atoms with Gasteiger partial charge in [-0.25, -0.2) is 9.97 Å². The van der Waals surface area contributed by atoms with Crippen molar-refractivity contribution >= 4 is 17.3 Å². The van der Waals surface area contributed by atoms with E-state index in [1.165, 1.54) is 6.33 Å². The molecule has 2 N–H and O–H groups in total. The summed E-state index contributed by atoms with van der Waals surface area (Å²) >= 11 is 0. The summed E-state index contributed by atoms with van der Waals surface area (Å²) in [6, 6.07) is 27.2. The normalized spacial score (nSPS) is 10.3. The summed E-state index contributed by atoms with van der Waals surface area (Å²) in [7, 11) is 1.66. The van der Waals surface area contributed by atoms with Crippen molar-refractivity contribution in [3.63, 3.8) is 0 Å². The summed E-state index contributed by atoms with van der Waals surface area (Å²) in [5.41, 5.74) is 1.95. The van der Waals surface area contributed by atoms with Crippen molar-refractivity contribution in [2.45, 2.75) is 6.54 Å². The third-order valence-electron chi connectivity index (χ3n) is 4.42. The predicted molar refractivity (Wildman–Crippen MR) is 119 cm³/mol. The summed E-state index contributed by atoms with van der Waals surface area (Å²) in [5.74, 6) is 3.73. The molecule has 6 nitrogen and oxygen atoms in total. The Bertz CT molecular complexity index is 1090. The van der Waals surface area contributed by atoms with E-state index >= 15 is 0 Å². The number of nitrogens with zero attached hydrogens (tertiary/aromatic N) is 2. The zero-order chi connectivity index (χ0) is 20.6. The molecule has 0 spiro atoms. The zero-order valence-electron chi connectivity index (χ0n) is 16.6. The fraction of sp³-hybridized carbons (Fsp3) is 0.0833. The number of hydrogen-bond acceptors (Lipinski definition) is 6. The van der Waals surface area contributed by atoms with Crippen LogP contribution in [-0.4, -0.2) is 17.1 Å². The van der Waals surface area contributed by atoms with Gasteiger partial charge < -0.3 is 20.1 Å². The molecule has 1 heterocycles. The lowest BCUT2D eigenvalue weighted by Gasteiger charge is -2.13. The standard InChI is InChI=1S/C24H22N4O2/c1-29-19-13-11-18(12-14-19)16-25-23-15-24(27-17-26-23)28-21-9-5-6-10-22(21)30-20-7-3-2-4-8-20/h2-15,17H,16H2,1H3,(H2,25,26,27,28). The van der Waals surface area contributed by atoms with E-state index in [0.717, 1.165) is 34.3 Å². The topological polar surface area (TPSA) is 68.3 Å². The van der Waals surface area contributed by atoms with E-state index in [0.29, 0.717) is 12.4 Å². The Hall–Kier alpha value is -4.06. The number of methoxy groups -OCH3 is 1. The highest BCUT2D eigenvalue weighted by Gasteiger charge is 2.07. The molecule has 3 aromatic carbocycles. The van der Waals surface area contributed by atoms with Gasteiger partial charge in [-0.1, -0.05) is 42.5 Å². The molecule has 4 aromatic rings. The van der Waals surface area contributed by atoms with E-state index < -0.39 is 0 Å². The van der Waals surface area contributed by atoms with Crippen LogP contribution in [0.2, 0.25) is 0 Å². The van der Waals surface area contributed by atoms with Crippen molar-refractivity contribution in [1.82, 2.24) is 9.97 Å². The van der Waals surface area contributed by atoms with Crippen molar-refractivity contribution in [2.75, 3.05) is 17.7 Å². The van der Waals surface area contributed by atoms with Crippen LogP contribution in [0.15, 0.2) is 91.3 Å². The molecule has 0 radical (unpaired) electrons. The van der Waals surface area contributed by atoms with Gasteiger partial charge in [-0.2, -0.15) is 0 Å². The molecular weight excluding hydrogens is 376 g/mol. The first-order valence-electron chi connectivity index (χ1n) is 9.58. The second-order valence-electron chi connectivity index (χ2n) is 6.53. The maximum atomic E-state index is 6.00. The first-order valence-corrected chi connectivity index (χ1v) is 9.58. The fourth-order valence-electron chi connectivity index (χ4n) is 2.87. The number of nitrogens with one attached hydrogen (secondary N) is 2. The van der Waals surface area contributed by atoms with Crippen LogP contribution < -0.4 is 20.1 Å². The molecule has 0 aliphatic rings. The van der Waals surface area contributed by atoms with E-state index in [4.69, 9.17) is 9.47 Å². The summed E-state index contributed by atoms with van der Waals surface area (Å²) in [5, 5.41) is 6.63. The molecule has 0 saturated carbocycles. The number of rotatable bonds is 8. The molecule has 150 valence electrons. The van der Waals surface area contributed by atoms with Gasteiger partial charge in [-0.05, 0) is 42.0 Å². The van der Waals surface area contributed by atoms with Crippen molar-refractivity contribution in [3.8, 4) is 17.2 Å². The first-order chi connectivity index (χ1) is 14.8. The highest BCUT2D eigenvalue weighted by molar-refractivity contribution is 5.66. The first kappa shape index (κ1) is 19.3. The Balaban J connectivity index is 1.44. The summed E-state index contributed by atoms with van der Waals surface area (Å²) in [4.78, 5) is 8.63. The fourth-order valence-corrected chi connectivity index (χ4v) is 2.87. The summed E-state index contributed by atoms with van der Waals surface area (Å²) in [6.07, 6.45) is 1.53. The monoisotopic (exact) mass is 398 g/mol. The average Bonchev–Trinajstić information content (AvgIpc) is 2.80. The van der Waals surface area contributed by atoms with Gasteiger partial charge in [0.25, 0.3) is 0 Å². The van der Waals surface area contributed by atoms with Gasteiger partial charge in [0.2, 0.25) is 0 Å². The van der Waals surface area contributed by atoms with Crippen LogP contribution in [0.1, 0.15) is 5.56 Å². The van der Waals surface area contributed by atoms with Crippen LogP contribution in [0.3, 0.4) is 0 Å². The SMILES string of the molecule is COc1ccc(CNc2cc(Nc3ccccc3Oc3ccccc3)ncn2)cc1. The lowest BCUT2D eigenvalue weighted by Crippen LogP contribution is -2.03. The Kier molecular flexibility index (Phi) is 6.05. The van der Waals surface area contributed by atoms with Crippen LogP contribution in [0.25, 0.3) is 0 Å². The number of ether oxygens (including phenoxy) is 2. The van der Waals surface area contributed by atoms with Crippen LogP contribution in [-0.2, 0) is 6.54 Å². The Morgan fingerprint density at radius 1 is 0.767 bits per heavy atom. The van der Waals surface area contributed by atoms with Crippen LogP contribution in [0, 0.1) is 0 Å². The van der Waals surface area contributed by atoms with Crippen LogP contribution >= 0.6 is 0 Å². The van der Waals surface area contributed by atoms with Gasteiger partial charge in [-0.3, -0.25) is 0 Å². The highest BCUT2D eigenvalue weighted by Crippen LogP contribution is 2.31. The lowest BCUT2D eigenvalue weighted by molar-refractivity contribution is 0.414. The Morgan fingerprint density at radius 2 is 1.50 bits per heavy atom. The Labute approximate surface area is 175 Å². The molecule has 0 saturated heterocycles. The molecule has 0 aliphatic carbocycles. The minimum absolute atomic E-state index is 0.647. The average molecular weight is 398 g/mol. The van der Waals surface area contributed by atoms with E-state index in [1.807, 2.05) is 84.9 Å². The maximum absolute atomic E-state index is 6.00. The third kappa shape index (κ3) is 5.05. The second kappa shape index (κ2) is 9.43. The molecule has 4 rings (SSSR count). The number of benzene rings is 3. The molecule has 0 unspecified atom stereocenters. The summed E-state index contributed by atoms with van der Waals surface area (Å²) in [6.45, 7) is 0.647. The van der Waals surface area contributed by atoms with Crippen molar-refractivity contribution < 1.29 is 9.47 Å². The Morgan fingerprint density at radius 3 is 2.30 bits per heavy atom. The number of hydrogen-bond donors (Lipinski definition) is 2. The van der Waals surface area contributed by atoms with Gasteiger partial charge in [0.15, 0.2) is 5.75 Å². The smallest absolute Gasteiger partial charge is 0.150 e. The van der Waals surface area contributed by atoms with Crippen LogP contribution in [0.4, 0.5) is 17.3 Å². The lowest BCUT2D eigenvalue weighted by atomic mass is 10.2. The van der Waals surface area contributed by atoms with E-state index in [2.05, 4.69) is 20.6 Å². The second-order valence-corrected chi connectivity index (χ2v) is 6.53. The van der Waals surface area contributed by atoms with Crippen molar-refractivity contribution in [1.29, 1.82) is 0 Å². The molecule has 1 aromatic heterocycles. The largest absolute Gasteiger partial charge is 0.497 e. The van der Waals surface area contributed by atoms with E-state index in [9.17, 15) is 0 Å². The summed E-state index contributed by atoms with van der Waals surface area (Å²) < 4.78 is 11.2.